The van der Waals surface area contributed by atoms with Gasteiger partial charge in [0.1, 0.15) is 5.69 Å². The summed E-state index contributed by atoms with van der Waals surface area (Å²) in [6, 6.07) is 3.48. The van der Waals surface area contributed by atoms with Gasteiger partial charge in [0.2, 0.25) is 11.8 Å². The molecule has 20 heavy (non-hydrogen) atoms. The Morgan fingerprint density at radius 3 is 3.10 bits per heavy atom. The Kier molecular flexibility index (Phi) is 4.49. The van der Waals surface area contributed by atoms with E-state index in [1.54, 1.807) is 35.3 Å². The van der Waals surface area contributed by atoms with Crippen molar-refractivity contribution in [3.8, 4) is 5.88 Å². The minimum atomic E-state index is -0.247. The van der Waals surface area contributed by atoms with E-state index in [-0.39, 0.29) is 5.91 Å². The van der Waals surface area contributed by atoms with E-state index < -0.39 is 0 Å². The first kappa shape index (κ1) is 13.8. The molecule has 1 N–H and O–H groups in total. The molecule has 0 bridgehead atoms. The van der Waals surface area contributed by atoms with Gasteiger partial charge in [0, 0.05) is 31.1 Å². The molecule has 2 aromatic heterocycles. The zero-order valence-corrected chi connectivity index (χ0v) is 11.4. The number of nitrogens with one attached hydrogen (secondary N) is 1. The molecule has 0 radical (unpaired) electrons. The minimum Gasteiger partial charge on any atom is -0.476 e. The van der Waals surface area contributed by atoms with E-state index in [1.165, 1.54) is 6.08 Å². The number of aromatic nitrogens is 3. The van der Waals surface area contributed by atoms with Gasteiger partial charge in [-0.3, -0.25) is 9.48 Å². The van der Waals surface area contributed by atoms with Gasteiger partial charge in [0.25, 0.3) is 0 Å². The Morgan fingerprint density at radius 2 is 2.40 bits per heavy atom. The van der Waals surface area contributed by atoms with Crippen molar-refractivity contribution in [3.05, 3.63) is 42.4 Å². The van der Waals surface area contributed by atoms with E-state index in [1.807, 2.05) is 20.2 Å². The molecule has 0 aliphatic heterocycles. The van der Waals surface area contributed by atoms with Crippen LogP contribution in [0.4, 0.5) is 5.69 Å². The molecule has 0 fully saturated rings. The maximum Gasteiger partial charge on any atom is 0.248 e. The first-order valence-corrected chi connectivity index (χ1v) is 6.24. The van der Waals surface area contributed by atoms with Crippen molar-refractivity contribution in [3.63, 3.8) is 0 Å². The molecule has 0 aromatic carbocycles. The minimum absolute atomic E-state index is 0.247. The molecule has 2 aromatic rings. The number of aryl methyl sites for hydroxylation is 1. The molecule has 0 atom stereocenters. The van der Waals surface area contributed by atoms with Crippen molar-refractivity contribution in [2.24, 2.45) is 7.05 Å². The van der Waals surface area contributed by atoms with E-state index in [0.29, 0.717) is 18.2 Å². The van der Waals surface area contributed by atoms with Gasteiger partial charge in [0.15, 0.2) is 0 Å². The highest BCUT2D eigenvalue weighted by atomic mass is 16.5. The number of carbonyl (C=O) groups excluding carboxylic acids is 1. The number of hydrogen-bond donors (Lipinski definition) is 1. The van der Waals surface area contributed by atoms with Gasteiger partial charge in [0.05, 0.1) is 12.8 Å². The normalized spacial score (nSPS) is 10.7. The van der Waals surface area contributed by atoms with Crippen LogP contribution in [-0.2, 0) is 11.8 Å². The summed E-state index contributed by atoms with van der Waals surface area (Å²) in [5.74, 6) is 0.168. The van der Waals surface area contributed by atoms with Gasteiger partial charge in [-0.05, 0) is 25.1 Å². The summed E-state index contributed by atoms with van der Waals surface area (Å²) in [7, 11) is 1.82. The van der Waals surface area contributed by atoms with E-state index in [9.17, 15) is 4.79 Å². The van der Waals surface area contributed by atoms with Crippen molar-refractivity contribution < 1.29 is 9.53 Å². The zero-order chi connectivity index (χ0) is 14.4. The molecule has 0 saturated heterocycles. The van der Waals surface area contributed by atoms with E-state index >= 15 is 0 Å². The van der Waals surface area contributed by atoms with Crippen LogP contribution < -0.4 is 10.1 Å². The number of ether oxygens (including phenoxy) is 1. The Morgan fingerprint density at radius 1 is 1.55 bits per heavy atom. The van der Waals surface area contributed by atoms with Crippen LogP contribution in [-0.4, -0.2) is 27.3 Å². The molecule has 6 heteroatoms. The van der Waals surface area contributed by atoms with Crippen LogP contribution >= 0.6 is 0 Å². The van der Waals surface area contributed by atoms with Crippen LogP contribution in [0.3, 0.4) is 0 Å². The highest BCUT2D eigenvalue weighted by Crippen LogP contribution is 2.20. The van der Waals surface area contributed by atoms with Crippen LogP contribution in [0.1, 0.15) is 12.5 Å². The Labute approximate surface area is 117 Å². The van der Waals surface area contributed by atoms with Gasteiger partial charge in [-0.2, -0.15) is 5.10 Å². The van der Waals surface area contributed by atoms with Crippen LogP contribution in [0.5, 0.6) is 5.88 Å². The predicted molar refractivity (Wildman–Crippen MR) is 76.3 cm³/mol. The van der Waals surface area contributed by atoms with Gasteiger partial charge in [-0.25, -0.2) is 4.98 Å². The van der Waals surface area contributed by atoms with Crippen molar-refractivity contribution in [1.29, 1.82) is 0 Å². The fourth-order valence-electron chi connectivity index (χ4n) is 1.61. The van der Waals surface area contributed by atoms with Gasteiger partial charge < -0.3 is 10.1 Å². The molecular formula is C14H16N4O2. The van der Waals surface area contributed by atoms with Crippen molar-refractivity contribution in [2.45, 2.75) is 6.92 Å². The van der Waals surface area contributed by atoms with Gasteiger partial charge >= 0.3 is 0 Å². The Bertz CT molecular complexity index is 619. The third-order valence-electron chi connectivity index (χ3n) is 2.46. The second-order valence-corrected chi connectivity index (χ2v) is 4.06. The summed E-state index contributed by atoms with van der Waals surface area (Å²) in [6.07, 6.45) is 8.25. The second-order valence-electron chi connectivity index (χ2n) is 4.06. The molecule has 2 rings (SSSR count). The summed E-state index contributed by atoms with van der Waals surface area (Å²) in [6.45, 7) is 2.36. The van der Waals surface area contributed by atoms with Crippen LogP contribution in [0.15, 0.2) is 36.8 Å². The standard InChI is InChI=1S/C14H16N4O2/c1-3-20-14-12(5-4-8-15-14)17-13(19)7-6-11-9-16-18(2)10-11/h4-10H,3H2,1-2H3,(H,17,19)/b7-6+. The topological polar surface area (TPSA) is 69.0 Å². The summed E-state index contributed by atoms with van der Waals surface area (Å²) in [5, 5.41) is 6.75. The Balaban J connectivity index is 2.03. The van der Waals surface area contributed by atoms with E-state index in [4.69, 9.17) is 4.74 Å². The lowest BCUT2D eigenvalue weighted by Gasteiger charge is -2.08. The summed E-state index contributed by atoms with van der Waals surface area (Å²) in [5.41, 5.74) is 1.41. The fraction of sp³-hybridized carbons (Fsp3) is 0.214. The number of hydrogen-bond acceptors (Lipinski definition) is 4. The smallest absolute Gasteiger partial charge is 0.248 e. The first-order chi connectivity index (χ1) is 9.69. The predicted octanol–water partition coefficient (Wildman–Crippen LogP) is 1.87. The summed E-state index contributed by atoms with van der Waals surface area (Å²) < 4.78 is 7.01. The number of amides is 1. The fourth-order valence-corrected chi connectivity index (χ4v) is 1.61. The van der Waals surface area contributed by atoms with Gasteiger partial charge in [-0.1, -0.05) is 0 Å². The van der Waals surface area contributed by atoms with Crippen molar-refractivity contribution in [2.75, 3.05) is 11.9 Å². The lowest BCUT2D eigenvalue weighted by atomic mass is 10.3. The zero-order valence-electron chi connectivity index (χ0n) is 11.4. The van der Waals surface area contributed by atoms with Crippen molar-refractivity contribution in [1.82, 2.24) is 14.8 Å². The monoisotopic (exact) mass is 272 g/mol. The summed E-state index contributed by atoms with van der Waals surface area (Å²) >= 11 is 0. The second kappa shape index (κ2) is 6.51. The maximum absolute atomic E-state index is 11.8. The molecule has 1 amide bonds. The molecule has 0 unspecified atom stereocenters. The average molecular weight is 272 g/mol. The number of nitrogens with zero attached hydrogens (tertiary/aromatic N) is 3. The molecule has 6 nitrogen and oxygen atoms in total. The molecule has 104 valence electrons. The quantitative estimate of drug-likeness (QED) is 0.844. The lowest BCUT2D eigenvalue weighted by molar-refractivity contribution is -0.111. The maximum atomic E-state index is 11.8. The highest BCUT2D eigenvalue weighted by Gasteiger charge is 2.06. The third-order valence-corrected chi connectivity index (χ3v) is 2.46. The van der Waals surface area contributed by atoms with Crippen molar-refractivity contribution >= 4 is 17.7 Å². The first-order valence-electron chi connectivity index (χ1n) is 6.24. The number of rotatable bonds is 5. The number of anilines is 1. The van der Waals surface area contributed by atoms with Crippen LogP contribution in [0, 0.1) is 0 Å². The van der Waals surface area contributed by atoms with Crippen LogP contribution in [0.2, 0.25) is 0 Å². The summed E-state index contributed by atoms with van der Waals surface area (Å²) in [4.78, 5) is 15.9. The molecule has 0 saturated carbocycles. The highest BCUT2D eigenvalue weighted by molar-refractivity contribution is 6.02. The van der Waals surface area contributed by atoms with Crippen LogP contribution in [0.25, 0.3) is 6.08 Å². The van der Waals surface area contributed by atoms with Gasteiger partial charge in [-0.15, -0.1) is 0 Å². The number of pyridine rings is 1. The SMILES string of the molecule is CCOc1ncccc1NC(=O)/C=C/c1cnn(C)c1. The largest absolute Gasteiger partial charge is 0.476 e. The molecule has 2 heterocycles. The Hall–Kier alpha value is -2.63. The molecule has 0 aliphatic carbocycles. The number of carbonyl (C=O) groups is 1. The lowest BCUT2D eigenvalue weighted by Crippen LogP contribution is -2.10. The molecule has 0 spiro atoms. The third kappa shape index (κ3) is 3.68. The average Bonchev–Trinajstić information content (AvgIpc) is 2.85. The van der Waals surface area contributed by atoms with E-state index in [0.717, 1.165) is 5.56 Å². The van der Waals surface area contributed by atoms with E-state index in [2.05, 4.69) is 15.4 Å². The molecule has 0 aliphatic rings. The molecular weight excluding hydrogens is 256 g/mol.